The minimum Gasteiger partial charge on any atom is -0.458 e. The summed E-state index contributed by atoms with van der Waals surface area (Å²) in [4.78, 5) is 24.4. The molecule has 8 nitrogen and oxygen atoms in total. The molecule has 2 aliphatic heterocycles. The first kappa shape index (κ1) is 18.1. The third-order valence-corrected chi connectivity index (χ3v) is 7.02. The van der Waals surface area contributed by atoms with Crippen molar-refractivity contribution < 1.29 is 39.1 Å². The van der Waals surface area contributed by atoms with Gasteiger partial charge in [0.2, 0.25) is 0 Å². The minimum atomic E-state index is -1.44. The van der Waals surface area contributed by atoms with E-state index in [0.717, 1.165) is 0 Å². The number of epoxide rings is 1. The lowest BCUT2D eigenvalue weighted by Crippen LogP contribution is -2.70. The summed E-state index contributed by atoms with van der Waals surface area (Å²) in [5.41, 5.74) is -2.60. The van der Waals surface area contributed by atoms with Crippen LogP contribution < -0.4 is 0 Å². The Bertz CT molecular complexity index is 695. The molecule has 1 unspecified atom stereocenters. The number of hydrogen-bond donors (Lipinski definition) is 3. The van der Waals surface area contributed by atoms with Crippen LogP contribution in [-0.2, 0) is 23.8 Å². The Balaban J connectivity index is 1.80. The van der Waals surface area contributed by atoms with Gasteiger partial charge in [-0.3, -0.25) is 4.79 Å². The molecule has 2 heterocycles. The highest BCUT2D eigenvalue weighted by Gasteiger charge is 2.83. The highest BCUT2D eigenvalue weighted by molar-refractivity contribution is 6.00. The molecule has 2 saturated heterocycles. The highest BCUT2D eigenvalue weighted by atomic mass is 16.7. The summed E-state index contributed by atoms with van der Waals surface area (Å²) in [7, 11) is 0. The molecule has 4 rings (SSSR count). The summed E-state index contributed by atoms with van der Waals surface area (Å²) in [6, 6.07) is 0. The maximum absolute atomic E-state index is 12.5. The molecule has 144 valence electrons. The Morgan fingerprint density at radius 1 is 1.50 bits per heavy atom. The minimum absolute atomic E-state index is 0.254. The molecule has 2 bridgehead atoms. The Labute approximate surface area is 150 Å². The van der Waals surface area contributed by atoms with Crippen LogP contribution in [0.1, 0.15) is 27.2 Å². The van der Waals surface area contributed by atoms with E-state index in [-0.39, 0.29) is 6.42 Å². The molecule has 3 fully saturated rings. The van der Waals surface area contributed by atoms with Gasteiger partial charge in [-0.05, 0) is 31.9 Å². The van der Waals surface area contributed by atoms with Crippen LogP contribution in [0.2, 0.25) is 0 Å². The fraction of sp³-hybridized carbons (Fsp3) is 0.778. The van der Waals surface area contributed by atoms with Crippen molar-refractivity contribution in [2.45, 2.75) is 63.3 Å². The second-order valence-corrected chi connectivity index (χ2v) is 8.16. The maximum Gasteiger partial charge on any atom is 0.335 e. The number of carbonyl (C=O) groups excluding carboxylic acids is 2. The lowest BCUT2D eigenvalue weighted by molar-refractivity contribution is -0.245. The van der Waals surface area contributed by atoms with E-state index < -0.39 is 65.3 Å². The summed E-state index contributed by atoms with van der Waals surface area (Å²) >= 11 is 0. The summed E-state index contributed by atoms with van der Waals surface area (Å²) in [6.45, 7) is 4.62. The molecule has 4 aliphatic rings. The first-order valence-corrected chi connectivity index (χ1v) is 8.84. The largest absolute Gasteiger partial charge is 0.458 e. The molecule has 1 saturated carbocycles. The van der Waals surface area contributed by atoms with Gasteiger partial charge in [-0.25, -0.2) is 4.79 Å². The van der Waals surface area contributed by atoms with Crippen LogP contribution in [0.25, 0.3) is 0 Å². The monoisotopic (exact) mass is 368 g/mol. The predicted octanol–water partition coefficient (Wildman–Crippen LogP) is -0.906. The van der Waals surface area contributed by atoms with Crippen molar-refractivity contribution in [1.82, 2.24) is 0 Å². The summed E-state index contributed by atoms with van der Waals surface area (Å²) < 4.78 is 17.4. The van der Waals surface area contributed by atoms with Gasteiger partial charge >= 0.3 is 5.97 Å². The molecule has 1 spiro atoms. The molecule has 2 aliphatic carbocycles. The molecule has 3 N–H and O–H groups in total. The van der Waals surface area contributed by atoms with E-state index in [9.17, 15) is 24.9 Å². The van der Waals surface area contributed by atoms with Crippen LogP contribution in [0.4, 0.5) is 0 Å². The summed E-state index contributed by atoms with van der Waals surface area (Å²) in [5, 5.41) is 30.7. The summed E-state index contributed by atoms with van der Waals surface area (Å²) in [6.07, 6.45) is -2.84. The highest BCUT2D eigenvalue weighted by Crippen LogP contribution is 2.71. The molecule has 0 amide bonds. The zero-order chi connectivity index (χ0) is 19.1. The standard InChI is InChI=1S/C18H24O8/c1-8-4-11-17(6-19,13(22)12(8)21)16(3)5-10(25-15(23)9(2)20)14(26-11)18(16)7-24-18/h4,9-11,13-14,19-20,22H,5-7H2,1-3H3/t9?,10-,11-,13-,14-,16-,17-,18+/m1/s1. The number of Topliss-reactive ketones (excluding diaryl/α,β-unsaturated/α-hetero) is 1. The van der Waals surface area contributed by atoms with Gasteiger partial charge in [0.1, 0.15) is 30.0 Å². The van der Waals surface area contributed by atoms with Crippen molar-refractivity contribution in [2.24, 2.45) is 10.8 Å². The third-order valence-electron chi connectivity index (χ3n) is 7.02. The number of aliphatic hydroxyl groups is 3. The van der Waals surface area contributed by atoms with Crippen LogP contribution in [0, 0.1) is 10.8 Å². The maximum atomic E-state index is 12.5. The number of esters is 1. The first-order chi connectivity index (χ1) is 12.1. The Kier molecular flexibility index (Phi) is 3.72. The second kappa shape index (κ2) is 5.36. The van der Waals surface area contributed by atoms with Crippen LogP contribution in [0.3, 0.4) is 0 Å². The van der Waals surface area contributed by atoms with E-state index in [1.165, 1.54) is 6.92 Å². The Hall–Kier alpha value is -1.32. The normalized spacial score (nSPS) is 50.2. The molecular weight excluding hydrogens is 344 g/mol. The van der Waals surface area contributed by atoms with Crippen molar-refractivity contribution in [1.29, 1.82) is 0 Å². The van der Waals surface area contributed by atoms with Gasteiger partial charge in [-0.15, -0.1) is 0 Å². The molecule has 0 aromatic rings. The molecule has 8 atom stereocenters. The zero-order valence-corrected chi connectivity index (χ0v) is 15.0. The van der Waals surface area contributed by atoms with Gasteiger partial charge in [-0.2, -0.15) is 0 Å². The lowest BCUT2D eigenvalue weighted by atomic mass is 9.50. The molecule has 26 heavy (non-hydrogen) atoms. The molecular formula is C18H24O8. The fourth-order valence-corrected chi connectivity index (χ4v) is 5.34. The SMILES string of the molecule is CC1=C[C@H]2O[C@@H]3[C@H](OC(=O)C(C)O)C[C@](C)([C@@]2(CO)[C@H](O)C1=O)[C@]31CO1. The number of ether oxygens (including phenoxy) is 3. The third kappa shape index (κ3) is 1.86. The summed E-state index contributed by atoms with van der Waals surface area (Å²) in [5.74, 6) is -1.21. The predicted molar refractivity (Wildman–Crippen MR) is 85.9 cm³/mol. The smallest absolute Gasteiger partial charge is 0.335 e. The molecule has 0 radical (unpaired) electrons. The van der Waals surface area contributed by atoms with E-state index in [4.69, 9.17) is 14.2 Å². The van der Waals surface area contributed by atoms with Gasteiger partial charge in [0.25, 0.3) is 0 Å². The molecule has 8 heteroatoms. The van der Waals surface area contributed by atoms with E-state index in [1.807, 2.05) is 6.92 Å². The average molecular weight is 368 g/mol. The van der Waals surface area contributed by atoms with Crippen molar-refractivity contribution in [3.63, 3.8) is 0 Å². The number of aliphatic hydroxyl groups excluding tert-OH is 3. The zero-order valence-electron chi connectivity index (χ0n) is 15.0. The lowest BCUT2D eigenvalue weighted by Gasteiger charge is -2.58. The Morgan fingerprint density at radius 3 is 2.69 bits per heavy atom. The fourth-order valence-electron chi connectivity index (χ4n) is 5.34. The van der Waals surface area contributed by atoms with Gasteiger partial charge in [0, 0.05) is 5.41 Å². The topological polar surface area (TPSA) is 126 Å². The van der Waals surface area contributed by atoms with Gasteiger partial charge in [0.05, 0.1) is 24.7 Å². The molecule has 0 aromatic heterocycles. The Morgan fingerprint density at radius 2 is 2.15 bits per heavy atom. The van der Waals surface area contributed by atoms with Crippen LogP contribution in [0.5, 0.6) is 0 Å². The van der Waals surface area contributed by atoms with Crippen LogP contribution in [-0.4, -0.2) is 76.4 Å². The van der Waals surface area contributed by atoms with E-state index >= 15 is 0 Å². The van der Waals surface area contributed by atoms with Crippen molar-refractivity contribution in [2.75, 3.05) is 13.2 Å². The average Bonchev–Trinajstić information content (AvgIpc) is 3.35. The van der Waals surface area contributed by atoms with Crippen LogP contribution >= 0.6 is 0 Å². The van der Waals surface area contributed by atoms with Crippen molar-refractivity contribution in [3.05, 3.63) is 11.6 Å². The number of fused-ring (bicyclic) bond motifs is 2. The van der Waals surface area contributed by atoms with Crippen LogP contribution in [0.15, 0.2) is 11.6 Å². The molecule has 0 aromatic carbocycles. The first-order valence-electron chi connectivity index (χ1n) is 8.84. The number of hydrogen-bond acceptors (Lipinski definition) is 8. The van der Waals surface area contributed by atoms with Crippen molar-refractivity contribution in [3.8, 4) is 0 Å². The van der Waals surface area contributed by atoms with Gasteiger partial charge in [0.15, 0.2) is 5.78 Å². The quantitative estimate of drug-likeness (QED) is 0.432. The van der Waals surface area contributed by atoms with E-state index in [2.05, 4.69) is 0 Å². The number of rotatable bonds is 3. The van der Waals surface area contributed by atoms with Gasteiger partial charge in [-0.1, -0.05) is 6.92 Å². The number of ketones is 1. The van der Waals surface area contributed by atoms with E-state index in [1.54, 1.807) is 13.0 Å². The van der Waals surface area contributed by atoms with E-state index in [0.29, 0.717) is 12.2 Å². The van der Waals surface area contributed by atoms with Crippen molar-refractivity contribution >= 4 is 11.8 Å². The second-order valence-electron chi connectivity index (χ2n) is 8.16. The number of carbonyl (C=O) groups is 2. The van der Waals surface area contributed by atoms with Gasteiger partial charge < -0.3 is 29.5 Å².